The van der Waals surface area contributed by atoms with Gasteiger partial charge in [-0.05, 0) is 35.9 Å². The number of amides is 1. The van der Waals surface area contributed by atoms with Crippen molar-refractivity contribution >= 4 is 33.0 Å². The molecule has 0 saturated heterocycles. The number of anilines is 1. The molecule has 1 amide bonds. The van der Waals surface area contributed by atoms with Gasteiger partial charge in [0.1, 0.15) is 5.82 Å². The number of hydrogen-bond donors (Lipinski definition) is 2. The Morgan fingerprint density at radius 3 is 2.48 bits per heavy atom. The van der Waals surface area contributed by atoms with Crippen molar-refractivity contribution in [1.29, 1.82) is 0 Å². The number of carbonyl (C=O) groups excluding carboxylic acids is 1. The van der Waals surface area contributed by atoms with Gasteiger partial charge in [0.05, 0.1) is 10.6 Å². The highest BCUT2D eigenvalue weighted by Gasteiger charge is 2.14. The Balaban J connectivity index is 1.66. The van der Waals surface area contributed by atoms with Crippen LogP contribution in [0.5, 0.6) is 0 Å². The van der Waals surface area contributed by atoms with E-state index in [0.29, 0.717) is 26.6 Å². The van der Waals surface area contributed by atoms with Gasteiger partial charge < -0.3 is 5.32 Å². The summed E-state index contributed by atoms with van der Waals surface area (Å²) in [5.41, 5.74) is 1.58. The number of thiophene rings is 1. The van der Waals surface area contributed by atoms with E-state index in [1.807, 2.05) is 0 Å². The predicted molar refractivity (Wildman–Crippen MR) is 115 cm³/mol. The number of nitrogens with one attached hydrogen (secondary N) is 2. The maximum absolute atomic E-state index is 13.9. The van der Waals surface area contributed by atoms with Gasteiger partial charge in [-0.25, -0.2) is 17.5 Å². The summed E-state index contributed by atoms with van der Waals surface area (Å²) in [6.45, 7) is 3.65. The van der Waals surface area contributed by atoms with Crippen LogP contribution in [0.25, 0.3) is 10.4 Å². The first kappa shape index (κ1) is 20.9. The first-order valence-electron chi connectivity index (χ1n) is 8.71. The lowest BCUT2D eigenvalue weighted by Gasteiger charge is -2.07. The zero-order chi connectivity index (χ0) is 20.9. The fourth-order valence-corrected chi connectivity index (χ4v) is 4.63. The molecule has 3 aromatic rings. The van der Waals surface area contributed by atoms with Gasteiger partial charge in [-0.2, -0.15) is 0 Å². The largest absolute Gasteiger partial charge is 0.321 e. The molecule has 0 spiro atoms. The molecule has 2 N–H and O–H groups in total. The zero-order valence-corrected chi connectivity index (χ0v) is 17.0. The third-order valence-electron chi connectivity index (χ3n) is 3.99. The van der Waals surface area contributed by atoms with Gasteiger partial charge in [-0.1, -0.05) is 36.4 Å². The maximum Gasteiger partial charge on any atom is 0.265 e. The molecule has 5 nitrogen and oxygen atoms in total. The number of benzene rings is 2. The van der Waals surface area contributed by atoms with Gasteiger partial charge in [0.15, 0.2) is 0 Å². The molecular weight excluding hydrogens is 411 g/mol. The van der Waals surface area contributed by atoms with Crippen molar-refractivity contribution < 1.29 is 17.6 Å². The minimum atomic E-state index is -3.44. The number of halogens is 1. The van der Waals surface area contributed by atoms with Crippen LogP contribution in [0.2, 0.25) is 0 Å². The normalized spacial score (nSPS) is 11.2. The Hall–Kier alpha value is -2.81. The van der Waals surface area contributed by atoms with Crippen molar-refractivity contribution in [2.45, 2.75) is 5.75 Å². The van der Waals surface area contributed by atoms with Crippen molar-refractivity contribution in [3.63, 3.8) is 0 Å². The Kier molecular flexibility index (Phi) is 6.58. The van der Waals surface area contributed by atoms with Crippen LogP contribution in [0.1, 0.15) is 15.2 Å². The van der Waals surface area contributed by atoms with E-state index in [9.17, 15) is 17.6 Å². The van der Waals surface area contributed by atoms with Gasteiger partial charge in [-0.3, -0.25) is 4.79 Å². The molecule has 0 aliphatic carbocycles. The Labute approximate surface area is 173 Å². The highest BCUT2D eigenvalue weighted by Crippen LogP contribution is 2.30. The van der Waals surface area contributed by atoms with Crippen LogP contribution in [0.3, 0.4) is 0 Å². The van der Waals surface area contributed by atoms with Crippen LogP contribution in [0, 0.1) is 5.82 Å². The molecule has 1 aromatic heterocycles. The SMILES string of the molecule is C=CCNS(=O)(=O)Cc1ccc(NC(=O)c2ccc(-c3ccccc3F)s2)cc1. The van der Waals surface area contributed by atoms with E-state index in [4.69, 9.17) is 0 Å². The Bertz CT molecular complexity index is 1120. The number of hydrogen-bond acceptors (Lipinski definition) is 4. The minimum absolute atomic E-state index is 0.161. The molecule has 0 radical (unpaired) electrons. The monoisotopic (exact) mass is 430 g/mol. The van der Waals surface area contributed by atoms with E-state index in [2.05, 4.69) is 16.6 Å². The average molecular weight is 431 g/mol. The van der Waals surface area contributed by atoms with E-state index in [1.54, 1.807) is 54.6 Å². The zero-order valence-electron chi connectivity index (χ0n) is 15.4. The van der Waals surface area contributed by atoms with Crippen molar-refractivity contribution in [2.24, 2.45) is 0 Å². The second kappa shape index (κ2) is 9.13. The molecule has 8 heteroatoms. The first-order valence-corrected chi connectivity index (χ1v) is 11.2. The lowest BCUT2D eigenvalue weighted by molar-refractivity contribution is 0.103. The summed E-state index contributed by atoms with van der Waals surface area (Å²) in [6, 6.07) is 16.3. The highest BCUT2D eigenvalue weighted by atomic mass is 32.2. The van der Waals surface area contributed by atoms with Crippen LogP contribution in [-0.4, -0.2) is 20.9 Å². The number of sulfonamides is 1. The fourth-order valence-electron chi connectivity index (χ4n) is 2.60. The standard InChI is InChI=1S/C21H19FN2O3S2/c1-2-13-23-29(26,27)14-15-7-9-16(10-8-15)24-21(25)20-12-11-19(28-20)17-5-3-4-6-18(17)22/h2-12,23H,1,13-14H2,(H,24,25). The molecule has 0 bridgehead atoms. The molecule has 0 saturated carbocycles. The minimum Gasteiger partial charge on any atom is -0.321 e. The van der Waals surface area contributed by atoms with E-state index < -0.39 is 10.0 Å². The van der Waals surface area contributed by atoms with Crippen molar-refractivity contribution in [3.05, 3.63) is 89.6 Å². The molecule has 0 atom stereocenters. The van der Waals surface area contributed by atoms with E-state index in [-0.39, 0.29) is 24.0 Å². The molecule has 0 aliphatic heterocycles. The molecular formula is C21H19FN2O3S2. The van der Waals surface area contributed by atoms with Crippen LogP contribution in [0.15, 0.2) is 73.3 Å². The lowest BCUT2D eigenvalue weighted by atomic mass is 10.2. The summed E-state index contributed by atoms with van der Waals surface area (Å²) < 4.78 is 40.1. The fraction of sp³-hybridized carbons (Fsp3) is 0.0952. The Morgan fingerprint density at radius 1 is 1.07 bits per heavy atom. The number of rotatable bonds is 8. The summed E-state index contributed by atoms with van der Waals surface area (Å²) in [5.74, 6) is -0.813. The lowest BCUT2D eigenvalue weighted by Crippen LogP contribution is -2.25. The predicted octanol–water partition coefficient (Wildman–Crippen LogP) is 4.41. The summed E-state index contributed by atoms with van der Waals surface area (Å²) in [5, 5.41) is 2.76. The molecule has 29 heavy (non-hydrogen) atoms. The average Bonchev–Trinajstić information content (AvgIpc) is 3.18. The summed E-state index contributed by atoms with van der Waals surface area (Å²) in [6.07, 6.45) is 1.47. The van der Waals surface area contributed by atoms with Crippen LogP contribution < -0.4 is 10.0 Å². The first-order chi connectivity index (χ1) is 13.9. The van der Waals surface area contributed by atoms with E-state index in [0.717, 1.165) is 0 Å². The molecule has 2 aromatic carbocycles. The molecule has 3 rings (SSSR count). The summed E-state index contributed by atoms with van der Waals surface area (Å²) in [4.78, 5) is 13.6. The highest BCUT2D eigenvalue weighted by molar-refractivity contribution is 7.88. The third-order valence-corrected chi connectivity index (χ3v) is 6.42. The third kappa shape index (κ3) is 5.60. The van der Waals surface area contributed by atoms with Gasteiger partial charge in [-0.15, -0.1) is 17.9 Å². The van der Waals surface area contributed by atoms with Crippen LogP contribution in [-0.2, 0) is 15.8 Å². The van der Waals surface area contributed by atoms with Gasteiger partial charge in [0, 0.05) is 22.7 Å². The van der Waals surface area contributed by atoms with Gasteiger partial charge in [0.25, 0.3) is 5.91 Å². The second-order valence-electron chi connectivity index (χ2n) is 6.19. The topological polar surface area (TPSA) is 75.3 Å². The van der Waals surface area contributed by atoms with Gasteiger partial charge >= 0.3 is 0 Å². The smallest absolute Gasteiger partial charge is 0.265 e. The van der Waals surface area contributed by atoms with Crippen molar-refractivity contribution in [2.75, 3.05) is 11.9 Å². The summed E-state index contributed by atoms with van der Waals surface area (Å²) >= 11 is 1.20. The summed E-state index contributed by atoms with van der Waals surface area (Å²) in [7, 11) is -3.44. The molecule has 0 fully saturated rings. The Morgan fingerprint density at radius 2 is 1.79 bits per heavy atom. The quantitative estimate of drug-likeness (QED) is 0.520. The van der Waals surface area contributed by atoms with Crippen molar-refractivity contribution in [1.82, 2.24) is 4.72 Å². The molecule has 0 unspecified atom stereocenters. The number of carbonyl (C=O) groups is 1. The van der Waals surface area contributed by atoms with Crippen LogP contribution >= 0.6 is 11.3 Å². The van der Waals surface area contributed by atoms with Crippen LogP contribution in [0.4, 0.5) is 10.1 Å². The van der Waals surface area contributed by atoms with Crippen molar-refractivity contribution in [3.8, 4) is 10.4 Å². The molecule has 150 valence electrons. The molecule has 1 heterocycles. The van der Waals surface area contributed by atoms with E-state index >= 15 is 0 Å². The van der Waals surface area contributed by atoms with Gasteiger partial charge in [0.2, 0.25) is 10.0 Å². The van der Waals surface area contributed by atoms with E-state index in [1.165, 1.54) is 23.5 Å². The molecule has 0 aliphatic rings. The maximum atomic E-state index is 13.9. The second-order valence-corrected chi connectivity index (χ2v) is 9.08.